The molecule has 2 aromatic carbocycles. The van der Waals surface area contributed by atoms with E-state index in [0.717, 1.165) is 23.0 Å². The van der Waals surface area contributed by atoms with E-state index in [-0.39, 0.29) is 29.0 Å². The van der Waals surface area contributed by atoms with Gasteiger partial charge in [-0.05, 0) is 43.0 Å². The molecule has 1 aromatic heterocycles. The van der Waals surface area contributed by atoms with Crippen LogP contribution in [-0.4, -0.2) is 55.7 Å². The lowest BCUT2D eigenvalue weighted by atomic mass is 10.1. The highest BCUT2D eigenvalue weighted by Crippen LogP contribution is 2.38. The summed E-state index contributed by atoms with van der Waals surface area (Å²) in [5.74, 6) is 0.935. The molecule has 3 aromatic rings. The summed E-state index contributed by atoms with van der Waals surface area (Å²) in [6.07, 6.45) is 3.79. The van der Waals surface area contributed by atoms with Crippen LogP contribution >= 0.6 is 0 Å². The molecule has 0 saturated carbocycles. The van der Waals surface area contributed by atoms with E-state index in [1.54, 1.807) is 18.2 Å². The molecule has 3 rings (SSSR count). The highest BCUT2D eigenvalue weighted by molar-refractivity contribution is 6.07. The van der Waals surface area contributed by atoms with Gasteiger partial charge in [-0.25, -0.2) is 0 Å². The first-order valence-corrected chi connectivity index (χ1v) is 13.3. The number of amides is 2. The Balaban J connectivity index is 2.12. The molecular formula is C31H41N3O5. The van der Waals surface area contributed by atoms with Crippen LogP contribution in [0.3, 0.4) is 0 Å². The molecule has 0 fully saturated rings. The van der Waals surface area contributed by atoms with E-state index in [9.17, 15) is 9.59 Å². The van der Waals surface area contributed by atoms with Crippen LogP contribution in [-0.2, 0) is 11.3 Å². The molecule has 2 amide bonds. The molecule has 39 heavy (non-hydrogen) atoms. The number of hydrogen-bond donors (Lipinski definition) is 1. The van der Waals surface area contributed by atoms with Gasteiger partial charge >= 0.3 is 0 Å². The summed E-state index contributed by atoms with van der Waals surface area (Å²) < 4.78 is 18.4. The lowest BCUT2D eigenvalue weighted by molar-refractivity contribution is -0.128. The Labute approximate surface area is 231 Å². The van der Waals surface area contributed by atoms with Gasteiger partial charge in [0.1, 0.15) is 5.70 Å². The molecule has 0 saturated heterocycles. The number of methoxy groups -OCH3 is 3. The van der Waals surface area contributed by atoms with Gasteiger partial charge in [0.25, 0.3) is 11.8 Å². The van der Waals surface area contributed by atoms with Crippen molar-refractivity contribution in [2.24, 2.45) is 11.8 Å². The predicted molar refractivity (Wildman–Crippen MR) is 155 cm³/mol. The fourth-order valence-electron chi connectivity index (χ4n) is 4.66. The third kappa shape index (κ3) is 6.93. The van der Waals surface area contributed by atoms with Crippen molar-refractivity contribution in [3.63, 3.8) is 0 Å². The van der Waals surface area contributed by atoms with Gasteiger partial charge in [0.2, 0.25) is 5.75 Å². The summed E-state index contributed by atoms with van der Waals surface area (Å²) in [5, 5.41) is 3.92. The fraction of sp³-hybridized carbons (Fsp3) is 0.419. The Bertz CT molecular complexity index is 1300. The standard InChI is InChI=1S/C31H41N3O5/c1-9-33-19-23(24-12-10-11-13-26(24)33)14-25(31(36)34(17-20(2)3)18-21(4)5)32-30(35)22-15-27(37-6)29(39-8)28(16-22)38-7/h10-16,19-21H,9,17-18H2,1-8H3,(H,32,35). The largest absolute Gasteiger partial charge is 0.493 e. The molecule has 8 heteroatoms. The van der Waals surface area contributed by atoms with Crippen molar-refractivity contribution in [1.29, 1.82) is 0 Å². The highest BCUT2D eigenvalue weighted by atomic mass is 16.5. The van der Waals surface area contributed by atoms with Crippen molar-refractivity contribution in [2.75, 3.05) is 34.4 Å². The Kier molecular flexibility index (Phi) is 10.0. The molecule has 0 atom stereocenters. The monoisotopic (exact) mass is 535 g/mol. The van der Waals surface area contributed by atoms with Crippen LogP contribution in [0.15, 0.2) is 48.3 Å². The van der Waals surface area contributed by atoms with Crippen LogP contribution < -0.4 is 19.5 Å². The van der Waals surface area contributed by atoms with Crippen LogP contribution in [0.2, 0.25) is 0 Å². The van der Waals surface area contributed by atoms with Crippen molar-refractivity contribution in [1.82, 2.24) is 14.8 Å². The zero-order valence-electron chi connectivity index (χ0n) is 24.3. The van der Waals surface area contributed by atoms with Crippen molar-refractivity contribution < 1.29 is 23.8 Å². The molecule has 0 aliphatic rings. The Hall–Kier alpha value is -3.94. The fourth-order valence-corrected chi connectivity index (χ4v) is 4.66. The number of para-hydroxylation sites is 1. The maximum absolute atomic E-state index is 14.0. The average Bonchev–Trinajstić information content (AvgIpc) is 3.27. The summed E-state index contributed by atoms with van der Waals surface area (Å²) in [7, 11) is 4.49. The first-order valence-electron chi connectivity index (χ1n) is 13.3. The van der Waals surface area contributed by atoms with Gasteiger partial charge in [-0.15, -0.1) is 0 Å². The summed E-state index contributed by atoms with van der Waals surface area (Å²) >= 11 is 0. The number of ether oxygens (including phenoxy) is 3. The Morgan fingerprint density at radius 3 is 2.05 bits per heavy atom. The van der Waals surface area contributed by atoms with Crippen molar-refractivity contribution >= 4 is 28.8 Å². The van der Waals surface area contributed by atoms with Crippen molar-refractivity contribution in [2.45, 2.75) is 41.2 Å². The predicted octanol–water partition coefficient (Wildman–Crippen LogP) is 5.60. The number of carbonyl (C=O) groups excluding carboxylic acids is 2. The average molecular weight is 536 g/mol. The number of hydrogen-bond acceptors (Lipinski definition) is 5. The SMILES string of the molecule is CCn1cc(C=C(NC(=O)c2cc(OC)c(OC)c(OC)c2)C(=O)N(CC(C)C)CC(C)C)c2ccccc21. The second-order valence-corrected chi connectivity index (χ2v) is 10.3. The maximum Gasteiger partial charge on any atom is 0.270 e. The lowest BCUT2D eigenvalue weighted by Crippen LogP contribution is -2.42. The van der Waals surface area contributed by atoms with Gasteiger partial charge in [-0.2, -0.15) is 0 Å². The molecule has 0 aliphatic heterocycles. The van der Waals surface area contributed by atoms with E-state index in [2.05, 4.69) is 50.6 Å². The zero-order valence-corrected chi connectivity index (χ0v) is 24.3. The quantitative estimate of drug-likeness (QED) is 0.306. The molecule has 0 bridgehead atoms. The number of nitrogens with zero attached hydrogens (tertiary/aromatic N) is 2. The first kappa shape index (κ1) is 29.6. The summed E-state index contributed by atoms with van der Waals surface area (Å²) in [6.45, 7) is 12.3. The number of benzene rings is 2. The summed E-state index contributed by atoms with van der Waals surface area (Å²) in [6, 6.07) is 11.2. The number of nitrogens with one attached hydrogen (secondary N) is 1. The molecule has 0 aliphatic carbocycles. The van der Waals surface area contributed by atoms with E-state index in [1.807, 2.05) is 29.3 Å². The van der Waals surface area contributed by atoms with Crippen LogP contribution in [0.25, 0.3) is 17.0 Å². The Morgan fingerprint density at radius 2 is 1.54 bits per heavy atom. The summed E-state index contributed by atoms with van der Waals surface area (Å²) in [4.78, 5) is 29.4. The van der Waals surface area contributed by atoms with Gasteiger partial charge in [0, 0.05) is 47.9 Å². The third-order valence-corrected chi connectivity index (χ3v) is 6.32. The Morgan fingerprint density at radius 1 is 0.949 bits per heavy atom. The van der Waals surface area contributed by atoms with E-state index in [4.69, 9.17) is 14.2 Å². The van der Waals surface area contributed by atoms with Crippen molar-refractivity contribution in [3.05, 3.63) is 59.4 Å². The first-order chi connectivity index (χ1) is 18.6. The highest BCUT2D eigenvalue weighted by Gasteiger charge is 2.24. The number of aryl methyl sites for hydroxylation is 1. The van der Waals surface area contributed by atoms with Gasteiger partial charge in [0.15, 0.2) is 11.5 Å². The van der Waals surface area contributed by atoms with Crippen molar-refractivity contribution in [3.8, 4) is 17.2 Å². The molecule has 0 unspecified atom stereocenters. The topological polar surface area (TPSA) is 82.0 Å². The van der Waals surface area contributed by atoms with E-state index in [0.29, 0.717) is 30.3 Å². The van der Waals surface area contributed by atoms with Gasteiger partial charge in [-0.1, -0.05) is 45.9 Å². The molecular weight excluding hydrogens is 494 g/mol. The van der Waals surface area contributed by atoms with E-state index in [1.165, 1.54) is 21.3 Å². The molecule has 8 nitrogen and oxygen atoms in total. The smallest absolute Gasteiger partial charge is 0.270 e. The molecule has 1 N–H and O–H groups in total. The van der Waals surface area contributed by atoms with Crippen LogP contribution in [0, 0.1) is 11.8 Å². The summed E-state index contributed by atoms with van der Waals surface area (Å²) in [5.41, 5.74) is 2.40. The zero-order chi connectivity index (χ0) is 28.7. The van der Waals surface area contributed by atoms with Gasteiger partial charge in [-0.3, -0.25) is 9.59 Å². The maximum atomic E-state index is 14.0. The second kappa shape index (κ2) is 13.2. The normalized spacial score (nSPS) is 11.7. The molecule has 0 spiro atoms. The minimum atomic E-state index is -0.456. The molecule has 0 radical (unpaired) electrons. The van der Waals surface area contributed by atoms with Crippen LogP contribution in [0.4, 0.5) is 0 Å². The molecule has 1 heterocycles. The lowest BCUT2D eigenvalue weighted by Gasteiger charge is -2.27. The minimum Gasteiger partial charge on any atom is -0.493 e. The van der Waals surface area contributed by atoms with Crippen LogP contribution in [0.1, 0.15) is 50.5 Å². The number of carbonyl (C=O) groups is 2. The number of rotatable bonds is 12. The van der Waals surface area contributed by atoms with E-state index < -0.39 is 5.91 Å². The minimum absolute atomic E-state index is 0.203. The number of fused-ring (bicyclic) bond motifs is 1. The van der Waals surface area contributed by atoms with Crippen LogP contribution in [0.5, 0.6) is 17.2 Å². The van der Waals surface area contributed by atoms with Gasteiger partial charge < -0.3 is 29.0 Å². The van der Waals surface area contributed by atoms with Gasteiger partial charge in [0.05, 0.1) is 21.3 Å². The second-order valence-electron chi connectivity index (χ2n) is 10.3. The number of aromatic nitrogens is 1. The van der Waals surface area contributed by atoms with E-state index >= 15 is 0 Å². The third-order valence-electron chi connectivity index (χ3n) is 6.32. The molecule has 210 valence electrons.